The van der Waals surface area contributed by atoms with Crippen LogP contribution in [0, 0.1) is 6.92 Å². The summed E-state index contributed by atoms with van der Waals surface area (Å²) >= 11 is 2.55. The summed E-state index contributed by atoms with van der Waals surface area (Å²) in [6.45, 7) is 1.82. The van der Waals surface area contributed by atoms with Crippen LogP contribution in [0.15, 0.2) is 35.4 Å². The molecule has 1 amide bonds. The highest BCUT2D eigenvalue weighted by Crippen LogP contribution is 2.29. The van der Waals surface area contributed by atoms with Gasteiger partial charge in [-0.3, -0.25) is 9.59 Å². The summed E-state index contributed by atoms with van der Waals surface area (Å²) in [5.41, 5.74) is 0.811. The molecule has 0 aliphatic carbocycles. The number of nitrogens with one attached hydrogen (secondary N) is 1. The van der Waals surface area contributed by atoms with E-state index < -0.39 is 0 Å². The Hall–Kier alpha value is -2.45. The number of ether oxygens (including phenoxy) is 1. The third kappa shape index (κ3) is 3.86. The third-order valence-corrected chi connectivity index (χ3v) is 5.77. The SMILES string of the molecule is CNC(=O)c1ccc(C(=O)CSc2nc(C)nc3ccc(OC)cc23)s1. The van der Waals surface area contributed by atoms with Gasteiger partial charge in [-0.25, -0.2) is 9.97 Å². The van der Waals surface area contributed by atoms with E-state index in [1.54, 1.807) is 26.3 Å². The minimum absolute atomic E-state index is 0.0394. The molecule has 1 N–H and O–H groups in total. The van der Waals surface area contributed by atoms with Crippen LogP contribution >= 0.6 is 23.1 Å². The maximum atomic E-state index is 12.5. The van der Waals surface area contributed by atoms with Crippen LogP contribution in [0.25, 0.3) is 10.9 Å². The first-order valence-electron chi connectivity index (χ1n) is 7.82. The average molecular weight is 387 g/mol. The van der Waals surface area contributed by atoms with Crippen LogP contribution in [0.1, 0.15) is 25.2 Å². The Balaban J connectivity index is 1.81. The number of ketones is 1. The molecule has 0 saturated heterocycles. The van der Waals surface area contributed by atoms with Gasteiger partial charge in [-0.15, -0.1) is 11.3 Å². The van der Waals surface area contributed by atoms with Crippen LogP contribution in [0.5, 0.6) is 5.75 Å². The number of methoxy groups -OCH3 is 1. The number of fused-ring (bicyclic) bond motifs is 1. The summed E-state index contributed by atoms with van der Waals surface area (Å²) < 4.78 is 5.27. The number of aryl methyl sites for hydroxylation is 1. The van der Waals surface area contributed by atoms with Crippen molar-refractivity contribution in [1.82, 2.24) is 15.3 Å². The van der Waals surface area contributed by atoms with Crippen molar-refractivity contribution in [3.05, 3.63) is 45.9 Å². The van der Waals surface area contributed by atoms with E-state index in [1.165, 1.54) is 23.1 Å². The van der Waals surface area contributed by atoms with Crippen molar-refractivity contribution >= 4 is 45.7 Å². The summed E-state index contributed by atoms with van der Waals surface area (Å²) in [4.78, 5) is 34.1. The molecule has 0 spiro atoms. The Morgan fingerprint density at radius 1 is 1.19 bits per heavy atom. The molecule has 0 bridgehead atoms. The van der Waals surface area contributed by atoms with Gasteiger partial charge in [0.1, 0.15) is 16.6 Å². The number of thioether (sulfide) groups is 1. The lowest BCUT2D eigenvalue weighted by molar-refractivity contribution is 0.0966. The van der Waals surface area contributed by atoms with Crippen molar-refractivity contribution in [2.45, 2.75) is 11.9 Å². The van der Waals surface area contributed by atoms with Crippen molar-refractivity contribution in [2.75, 3.05) is 19.9 Å². The predicted molar refractivity (Wildman–Crippen MR) is 104 cm³/mol. The minimum atomic E-state index is -0.189. The maximum absolute atomic E-state index is 12.5. The lowest BCUT2D eigenvalue weighted by Gasteiger charge is -2.08. The normalized spacial score (nSPS) is 10.7. The summed E-state index contributed by atoms with van der Waals surface area (Å²) in [5, 5.41) is 4.15. The van der Waals surface area contributed by atoms with E-state index in [0.717, 1.165) is 15.9 Å². The van der Waals surface area contributed by atoms with Crippen molar-refractivity contribution < 1.29 is 14.3 Å². The Labute approximate surface area is 159 Å². The average Bonchev–Trinajstić information content (AvgIpc) is 3.15. The van der Waals surface area contributed by atoms with Gasteiger partial charge in [0, 0.05) is 12.4 Å². The number of hydrogen-bond acceptors (Lipinski definition) is 7. The number of nitrogens with zero attached hydrogens (tertiary/aromatic N) is 2. The molecular formula is C18H17N3O3S2. The van der Waals surface area contributed by atoms with Gasteiger partial charge in [0.2, 0.25) is 0 Å². The van der Waals surface area contributed by atoms with Crippen LogP contribution in [0.2, 0.25) is 0 Å². The molecule has 0 saturated carbocycles. The van der Waals surface area contributed by atoms with Gasteiger partial charge in [0.25, 0.3) is 5.91 Å². The Morgan fingerprint density at radius 3 is 2.69 bits per heavy atom. The van der Waals surface area contributed by atoms with Crippen molar-refractivity contribution in [3.8, 4) is 5.75 Å². The van der Waals surface area contributed by atoms with Crippen LogP contribution in [-0.4, -0.2) is 41.6 Å². The third-order valence-electron chi connectivity index (χ3n) is 3.65. The van der Waals surface area contributed by atoms with Gasteiger partial charge in [0.05, 0.1) is 28.1 Å². The molecule has 0 atom stereocenters. The van der Waals surface area contributed by atoms with E-state index in [-0.39, 0.29) is 17.4 Å². The molecule has 8 heteroatoms. The zero-order valence-corrected chi connectivity index (χ0v) is 16.2. The topological polar surface area (TPSA) is 81.2 Å². The summed E-state index contributed by atoms with van der Waals surface area (Å²) in [6, 6.07) is 8.95. The zero-order chi connectivity index (χ0) is 18.7. The first-order chi connectivity index (χ1) is 12.5. The molecule has 0 aliphatic heterocycles. The first-order valence-corrected chi connectivity index (χ1v) is 9.62. The van der Waals surface area contributed by atoms with E-state index in [2.05, 4.69) is 15.3 Å². The van der Waals surface area contributed by atoms with E-state index >= 15 is 0 Å². The molecule has 2 aromatic heterocycles. The number of carbonyl (C=O) groups excluding carboxylic acids is 2. The molecule has 3 aromatic rings. The van der Waals surface area contributed by atoms with Crippen LogP contribution in [0.4, 0.5) is 0 Å². The van der Waals surface area contributed by atoms with E-state index in [9.17, 15) is 9.59 Å². The Bertz CT molecular complexity index is 985. The van der Waals surface area contributed by atoms with Crippen LogP contribution in [0.3, 0.4) is 0 Å². The monoisotopic (exact) mass is 387 g/mol. The van der Waals surface area contributed by atoms with Crippen molar-refractivity contribution in [2.24, 2.45) is 0 Å². The predicted octanol–water partition coefficient (Wildman–Crippen LogP) is 3.34. The van der Waals surface area contributed by atoms with Gasteiger partial charge >= 0.3 is 0 Å². The molecule has 6 nitrogen and oxygen atoms in total. The first kappa shape index (κ1) is 18.3. The van der Waals surface area contributed by atoms with E-state index in [0.29, 0.717) is 21.3 Å². The molecule has 0 fully saturated rings. The summed E-state index contributed by atoms with van der Waals surface area (Å²) in [6.07, 6.45) is 0. The molecule has 0 unspecified atom stereocenters. The number of benzene rings is 1. The summed E-state index contributed by atoms with van der Waals surface area (Å²) in [7, 11) is 3.17. The van der Waals surface area contributed by atoms with Gasteiger partial charge in [0.15, 0.2) is 5.78 Å². The van der Waals surface area contributed by atoms with Gasteiger partial charge in [-0.05, 0) is 37.3 Å². The van der Waals surface area contributed by atoms with Crippen LogP contribution in [-0.2, 0) is 0 Å². The fourth-order valence-corrected chi connectivity index (χ4v) is 4.29. The number of carbonyl (C=O) groups is 2. The number of aromatic nitrogens is 2. The Kier molecular flexibility index (Phi) is 5.53. The number of amides is 1. The highest BCUT2D eigenvalue weighted by molar-refractivity contribution is 8.00. The Morgan fingerprint density at radius 2 is 1.96 bits per heavy atom. The molecule has 0 radical (unpaired) electrons. The second kappa shape index (κ2) is 7.84. The molecule has 1 aromatic carbocycles. The molecule has 3 rings (SSSR count). The minimum Gasteiger partial charge on any atom is -0.497 e. The lowest BCUT2D eigenvalue weighted by Crippen LogP contribution is -2.16. The number of thiophene rings is 1. The second-order valence-corrected chi connectivity index (χ2v) is 7.46. The fourth-order valence-electron chi connectivity index (χ4n) is 2.37. The number of rotatable bonds is 6. The quantitative estimate of drug-likeness (QED) is 0.397. The highest BCUT2D eigenvalue weighted by Gasteiger charge is 2.15. The van der Waals surface area contributed by atoms with Gasteiger partial charge in [-0.2, -0.15) is 0 Å². The van der Waals surface area contributed by atoms with Crippen LogP contribution < -0.4 is 10.1 Å². The van der Waals surface area contributed by atoms with Crippen molar-refractivity contribution in [3.63, 3.8) is 0 Å². The lowest BCUT2D eigenvalue weighted by atomic mass is 10.2. The highest BCUT2D eigenvalue weighted by atomic mass is 32.2. The van der Waals surface area contributed by atoms with E-state index in [1.807, 2.05) is 25.1 Å². The molecule has 2 heterocycles. The second-order valence-electron chi connectivity index (χ2n) is 5.41. The fraction of sp³-hybridized carbons (Fsp3) is 0.222. The molecule has 0 aliphatic rings. The molecular weight excluding hydrogens is 370 g/mol. The molecule has 26 heavy (non-hydrogen) atoms. The smallest absolute Gasteiger partial charge is 0.261 e. The maximum Gasteiger partial charge on any atom is 0.261 e. The van der Waals surface area contributed by atoms with E-state index in [4.69, 9.17) is 4.74 Å². The summed E-state index contributed by atoms with van der Waals surface area (Å²) in [5.74, 6) is 1.37. The molecule has 134 valence electrons. The van der Waals surface area contributed by atoms with Crippen molar-refractivity contribution in [1.29, 1.82) is 0 Å². The number of hydrogen-bond donors (Lipinski definition) is 1. The number of Topliss-reactive ketones (excluding diaryl/α,β-unsaturated/α-hetero) is 1. The van der Waals surface area contributed by atoms with Gasteiger partial charge < -0.3 is 10.1 Å². The van der Waals surface area contributed by atoms with Gasteiger partial charge in [-0.1, -0.05) is 11.8 Å². The zero-order valence-electron chi connectivity index (χ0n) is 14.5. The standard InChI is InChI=1S/C18H17N3O3S2/c1-10-20-13-5-4-11(24-3)8-12(13)18(21-10)25-9-14(22)15-6-7-16(26-15)17(23)19-2/h4-8H,9H2,1-3H3,(H,19,23). The largest absolute Gasteiger partial charge is 0.497 e.